The molecule has 0 amide bonds. The Bertz CT molecular complexity index is 936. The smallest absolute Gasteiger partial charge is 0.193 e. The predicted molar refractivity (Wildman–Crippen MR) is 117 cm³/mol. The fourth-order valence-corrected chi connectivity index (χ4v) is 2.63. The summed E-state index contributed by atoms with van der Waals surface area (Å²) < 4.78 is 24.7. The summed E-state index contributed by atoms with van der Waals surface area (Å²) in [7, 11) is 0. The second kappa shape index (κ2) is 9.07. The molecule has 5 nitrogen and oxygen atoms in total. The van der Waals surface area contributed by atoms with Gasteiger partial charge in [-0.25, -0.2) is 9.38 Å². The number of anilines is 1. The summed E-state index contributed by atoms with van der Waals surface area (Å²) in [5.74, 6) is 1.44. The monoisotopic (exact) mass is 483 g/mol. The van der Waals surface area contributed by atoms with Gasteiger partial charge in [-0.2, -0.15) is 0 Å². The number of hydrogen-bond acceptors (Lipinski definition) is 3. The first kappa shape index (κ1) is 21.0. The highest BCUT2D eigenvalue weighted by Crippen LogP contribution is 2.26. The number of ether oxygens (including phenoxy) is 1. The molecular formula is C20H23FIN3O2. The molecule has 0 aliphatic heterocycles. The van der Waals surface area contributed by atoms with Gasteiger partial charge < -0.3 is 20.2 Å². The van der Waals surface area contributed by atoms with E-state index in [-0.39, 0.29) is 48.4 Å². The molecule has 0 fully saturated rings. The molecule has 0 spiro atoms. The highest BCUT2D eigenvalue weighted by Gasteiger charge is 2.11. The molecular weight excluding hydrogens is 460 g/mol. The van der Waals surface area contributed by atoms with Gasteiger partial charge >= 0.3 is 0 Å². The van der Waals surface area contributed by atoms with E-state index >= 15 is 0 Å². The molecule has 0 saturated carbocycles. The number of nitrogens with two attached hydrogens (primary N) is 1. The van der Waals surface area contributed by atoms with Crippen molar-refractivity contribution in [2.45, 2.75) is 33.4 Å². The number of halogens is 2. The zero-order valence-electron chi connectivity index (χ0n) is 15.5. The van der Waals surface area contributed by atoms with Crippen molar-refractivity contribution in [3.05, 3.63) is 59.6 Å². The van der Waals surface area contributed by atoms with Crippen LogP contribution in [0.4, 0.5) is 10.1 Å². The van der Waals surface area contributed by atoms with Gasteiger partial charge in [0.15, 0.2) is 5.96 Å². The second-order valence-corrected chi connectivity index (χ2v) is 6.31. The molecule has 3 N–H and O–H groups in total. The number of benzene rings is 2. The van der Waals surface area contributed by atoms with Gasteiger partial charge in [-0.1, -0.05) is 0 Å². The maximum absolute atomic E-state index is 13.4. The van der Waals surface area contributed by atoms with E-state index in [1.807, 2.05) is 45.0 Å². The van der Waals surface area contributed by atoms with Crippen LogP contribution in [0.25, 0.3) is 11.0 Å². The Balaban J connectivity index is 0.00000261. The molecule has 0 bridgehead atoms. The third kappa shape index (κ3) is 5.35. The van der Waals surface area contributed by atoms with E-state index in [2.05, 4.69) is 10.3 Å². The molecule has 0 atom stereocenters. The lowest BCUT2D eigenvalue weighted by Crippen LogP contribution is -2.22. The highest BCUT2D eigenvalue weighted by atomic mass is 127. The van der Waals surface area contributed by atoms with Crippen molar-refractivity contribution in [1.29, 1.82) is 0 Å². The van der Waals surface area contributed by atoms with E-state index in [4.69, 9.17) is 14.9 Å². The van der Waals surface area contributed by atoms with Crippen LogP contribution in [0.1, 0.15) is 25.2 Å². The molecule has 0 unspecified atom stereocenters. The van der Waals surface area contributed by atoms with Gasteiger partial charge in [0.25, 0.3) is 0 Å². The van der Waals surface area contributed by atoms with Crippen LogP contribution in [0.5, 0.6) is 5.75 Å². The van der Waals surface area contributed by atoms with Crippen LogP contribution in [0.15, 0.2) is 51.9 Å². The van der Waals surface area contributed by atoms with Crippen molar-refractivity contribution in [2.24, 2.45) is 10.7 Å². The van der Waals surface area contributed by atoms with Crippen molar-refractivity contribution in [3.8, 4) is 5.75 Å². The Morgan fingerprint density at radius 3 is 2.59 bits per heavy atom. The van der Waals surface area contributed by atoms with Gasteiger partial charge in [-0.15, -0.1) is 24.0 Å². The van der Waals surface area contributed by atoms with Crippen molar-refractivity contribution >= 4 is 46.6 Å². The topological polar surface area (TPSA) is 72.8 Å². The molecule has 3 aromatic rings. The summed E-state index contributed by atoms with van der Waals surface area (Å²) in [5, 5.41) is 3.78. The van der Waals surface area contributed by atoms with Crippen LogP contribution in [-0.2, 0) is 6.54 Å². The van der Waals surface area contributed by atoms with Crippen molar-refractivity contribution in [2.75, 3.05) is 5.32 Å². The average Bonchev–Trinajstić information content (AvgIpc) is 2.90. The third-order valence-corrected chi connectivity index (χ3v) is 3.89. The summed E-state index contributed by atoms with van der Waals surface area (Å²) >= 11 is 0. The maximum Gasteiger partial charge on any atom is 0.193 e. The Morgan fingerprint density at radius 1 is 1.22 bits per heavy atom. The number of hydrogen-bond donors (Lipinski definition) is 2. The average molecular weight is 483 g/mol. The first-order chi connectivity index (χ1) is 12.4. The van der Waals surface area contributed by atoms with E-state index in [1.165, 1.54) is 12.1 Å². The third-order valence-electron chi connectivity index (χ3n) is 3.89. The summed E-state index contributed by atoms with van der Waals surface area (Å²) in [6.45, 7) is 6.11. The Kier molecular flexibility index (Phi) is 7.06. The van der Waals surface area contributed by atoms with Crippen LogP contribution < -0.4 is 15.8 Å². The number of fused-ring (bicyclic) bond motifs is 1. The van der Waals surface area contributed by atoms with Gasteiger partial charge in [0, 0.05) is 16.6 Å². The molecule has 0 aliphatic rings. The minimum absolute atomic E-state index is 0. The standard InChI is InChI=1S/C20H22FN3O2.HI/c1-12(2)25-16-7-5-15(6-8-16)24-20(22)23-11-19-13(3)17-10-14(21)4-9-18(17)26-19;/h4-10,12H,11H2,1-3H3,(H3,22,23,24);1H. The Hall–Kier alpha value is -2.29. The minimum Gasteiger partial charge on any atom is -0.491 e. The van der Waals surface area contributed by atoms with Crippen molar-refractivity contribution < 1.29 is 13.5 Å². The van der Waals surface area contributed by atoms with E-state index in [9.17, 15) is 4.39 Å². The summed E-state index contributed by atoms with van der Waals surface area (Å²) in [4.78, 5) is 4.30. The van der Waals surface area contributed by atoms with Crippen LogP contribution in [-0.4, -0.2) is 12.1 Å². The zero-order valence-corrected chi connectivity index (χ0v) is 17.8. The SMILES string of the molecule is Cc1c(CN=C(N)Nc2ccc(OC(C)C)cc2)oc2ccc(F)cc12.I. The summed E-state index contributed by atoms with van der Waals surface area (Å²) in [6.07, 6.45) is 0.126. The molecule has 0 aliphatic carbocycles. The molecule has 2 aromatic carbocycles. The number of nitrogens with one attached hydrogen (secondary N) is 1. The number of rotatable bonds is 5. The molecule has 27 heavy (non-hydrogen) atoms. The first-order valence-corrected chi connectivity index (χ1v) is 8.43. The molecule has 144 valence electrons. The normalized spacial score (nSPS) is 11.5. The number of furan rings is 1. The minimum atomic E-state index is -0.289. The van der Waals surface area contributed by atoms with Gasteiger partial charge in [0.1, 0.15) is 29.5 Å². The predicted octanol–water partition coefficient (Wildman–Crippen LogP) is 5.21. The van der Waals surface area contributed by atoms with E-state index in [1.54, 1.807) is 6.07 Å². The number of guanidine groups is 1. The number of aryl methyl sites for hydroxylation is 1. The summed E-state index contributed by atoms with van der Waals surface area (Å²) in [5.41, 5.74) is 8.26. The van der Waals surface area contributed by atoms with E-state index < -0.39 is 0 Å². The molecule has 0 radical (unpaired) electrons. The quantitative estimate of drug-likeness (QED) is 0.297. The molecule has 1 aromatic heterocycles. The van der Waals surface area contributed by atoms with Crippen LogP contribution >= 0.6 is 24.0 Å². The van der Waals surface area contributed by atoms with Crippen LogP contribution in [0.2, 0.25) is 0 Å². The van der Waals surface area contributed by atoms with E-state index in [0.29, 0.717) is 11.3 Å². The fourth-order valence-electron chi connectivity index (χ4n) is 2.63. The molecule has 1 heterocycles. The lowest BCUT2D eigenvalue weighted by atomic mass is 10.1. The molecule has 7 heteroatoms. The Labute approximate surface area is 174 Å². The highest BCUT2D eigenvalue weighted by molar-refractivity contribution is 14.0. The van der Waals surface area contributed by atoms with Crippen LogP contribution in [0.3, 0.4) is 0 Å². The Morgan fingerprint density at radius 2 is 1.93 bits per heavy atom. The van der Waals surface area contributed by atoms with Crippen LogP contribution in [0, 0.1) is 12.7 Å². The van der Waals surface area contributed by atoms with Crippen molar-refractivity contribution in [3.63, 3.8) is 0 Å². The van der Waals surface area contributed by atoms with Gasteiger partial charge in [-0.3, -0.25) is 0 Å². The van der Waals surface area contributed by atoms with Crippen molar-refractivity contribution in [1.82, 2.24) is 0 Å². The van der Waals surface area contributed by atoms with Gasteiger partial charge in [0.05, 0.1) is 6.10 Å². The lowest BCUT2D eigenvalue weighted by molar-refractivity contribution is 0.242. The first-order valence-electron chi connectivity index (χ1n) is 8.43. The molecule has 0 saturated heterocycles. The van der Waals surface area contributed by atoms with Gasteiger partial charge in [-0.05, 0) is 63.2 Å². The van der Waals surface area contributed by atoms with Gasteiger partial charge in [0.2, 0.25) is 0 Å². The maximum atomic E-state index is 13.4. The fraction of sp³-hybridized carbons (Fsp3) is 0.250. The number of nitrogens with zero attached hydrogens (tertiary/aromatic N) is 1. The largest absolute Gasteiger partial charge is 0.491 e. The zero-order chi connectivity index (χ0) is 18.7. The molecule has 3 rings (SSSR count). The second-order valence-electron chi connectivity index (χ2n) is 6.31. The lowest BCUT2D eigenvalue weighted by Gasteiger charge is -2.10. The summed E-state index contributed by atoms with van der Waals surface area (Å²) in [6, 6.07) is 11.9. The van der Waals surface area contributed by atoms with E-state index in [0.717, 1.165) is 22.4 Å². The number of aliphatic imine (C=N–C) groups is 1.